The Balaban J connectivity index is 2.15. The summed E-state index contributed by atoms with van der Waals surface area (Å²) in [5.74, 6) is -0.258. The molecule has 2 nitrogen and oxygen atoms in total. The van der Waals surface area contributed by atoms with Gasteiger partial charge in [0.1, 0.15) is 5.82 Å². The summed E-state index contributed by atoms with van der Waals surface area (Å²) in [6.45, 7) is 0. The molecule has 0 fully saturated rings. The van der Waals surface area contributed by atoms with Crippen molar-refractivity contribution in [1.82, 2.24) is 0 Å². The number of rotatable bonds is 0. The molecule has 94 valence electrons. The maximum Gasteiger partial charge on any atom is 0.123 e. The van der Waals surface area contributed by atoms with Crippen LogP contribution in [0.5, 0.6) is 0 Å². The quantitative estimate of drug-likeness (QED) is 0.783. The van der Waals surface area contributed by atoms with Crippen molar-refractivity contribution in [3.8, 4) is 6.07 Å². The van der Waals surface area contributed by atoms with Gasteiger partial charge in [0.2, 0.25) is 0 Å². The van der Waals surface area contributed by atoms with E-state index in [1.807, 2.05) is 18.2 Å². The van der Waals surface area contributed by atoms with Gasteiger partial charge >= 0.3 is 0 Å². The lowest BCUT2D eigenvalue weighted by Crippen LogP contribution is -2.14. The van der Waals surface area contributed by atoms with E-state index in [-0.39, 0.29) is 11.9 Å². The Morgan fingerprint density at radius 3 is 2.63 bits per heavy atom. The molecule has 1 atom stereocenters. The van der Waals surface area contributed by atoms with Crippen LogP contribution in [0.3, 0.4) is 0 Å². The summed E-state index contributed by atoms with van der Waals surface area (Å²) >= 11 is 0. The number of nitrogens with zero attached hydrogens (tertiary/aromatic N) is 1. The molecule has 0 bridgehead atoms. The molecule has 0 saturated carbocycles. The second kappa shape index (κ2) is 4.49. The highest BCUT2D eigenvalue weighted by Gasteiger charge is 2.21. The summed E-state index contributed by atoms with van der Waals surface area (Å²) in [6.07, 6.45) is 1.66. The summed E-state index contributed by atoms with van der Waals surface area (Å²) in [7, 11) is 0. The monoisotopic (exact) mass is 252 g/mol. The van der Waals surface area contributed by atoms with Gasteiger partial charge in [-0.15, -0.1) is 0 Å². The molecule has 0 radical (unpaired) electrons. The maximum absolute atomic E-state index is 13.4. The van der Waals surface area contributed by atoms with E-state index in [1.165, 1.54) is 12.1 Å². The Labute approximate surface area is 111 Å². The lowest BCUT2D eigenvalue weighted by Gasteiger charge is -2.15. The van der Waals surface area contributed by atoms with Crippen LogP contribution in [0.15, 0.2) is 36.4 Å². The average Bonchev–Trinajstić information content (AvgIpc) is 2.57. The van der Waals surface area contributed by atoms with Crippen LogP contribution in [0.25, 0.3) is 0 Å². The van der Waals surface area contributed by atoms with Gasteiger partial charge in [-0.2, -0.15) is 5.26 Å². The zero-order valence-corrected chi connectivity index (χ0v) is 10.4. The van der Waals surface area contributed by atoms with Crippen LogP contribution in [0.2, 0.25) is 0 Å². The second-order valence-electron chi connectivity index (χ2n) is 4.85. The predicted octanol–water partition coefficient (Wildman–Crippen LogP) is 2.84. The van der Waals surface area contributed by atoms with Gasteiger partial charge in [-0.05, 0) is 59.4 Å². The van der Waals surface area contributed by atoms with E-state index >= 15 is 0 Å². The molecule has 0 saturated heterocycles. The van der Waals surface area contributed by atoms with E-state index in [2.05, 4.69) is 6.07 Å². The van der Waals surface area contributed by atoms with E-state index in [0.717, 1.165) is 35.1 Å². The summed E-state index contributed by atoms with van der Waals surface area (Å²) in [4.78, 5) is 0. The third-order valence-electron chi connectivity index (χ3n) is 3.71. The normalized spacial score (nSPS) is 17.0. The van der Waals surface area contributed by atoms with E-state index in [1.54, 1.807) is 6.07 Å². The number of hydrogen-bond donors (Lipinski definition) is 1. The third-order valence-corrected chi connectivity index (χ3v) is 3.71. The van der Waals surface area contributed by atoms with Crippen molar-refractivity contribution in [3.63, 3.8) is 0 Å². The van der Waals surface area contributed by atoms with Crippen molar-refractivity contribution in [2.24, 2.45) is 5.73 Å². The van der Waals surface area contributed by atoms with Crippen LogP contribution in [0.4, 0.5) is 4.39 Å². The first-order valence-corrected chi connectivity index (χ1v) is 6.26. The molecule has 0 amide bonds. The molecule has 2 N–H and O–H groups in total. The Morgan fingerprint density at radius 1 is 1.05 bits per heavy atom. The number of hydrogen-bond acceptors (Lipinski definition) is 2. The maximum atomic E-state index is 13.4. The van der Waals surface area contributed by atoms with Crippen molar-refractivity contribution in [2.75, 3.05) is 0 Å². The van der Waals surface area contributed by atoms with Crippen LogP contribution < -0.4 is 5.73 Å². The van der Waals surface area contributed by atoms with Gasteiger partial charge in [0.15, 0.2) is 0 Å². The van der Waals surface area contributed by atoms with Gasteiger partial charge in [-0.1, -0.05) is 12.1 Å². The molecule has 0 aliphatic heterocycles. The van der Waals surface area contributed by atoms with E-state index in [0.29, 0.717) is 5.56 Å². The highest BCUT2D eigenvalue weighted by atomic mass is 19.1. The number of fused-ring (bicyclic) bond motifs is 2. The minimum Gasteiger partial charge on any atom is -0.320 e. The number of nitrogens with two attached hydrogens (primary N) is 1. The summed E-state index contributed by atoms with van der Waals surface area (Å²) in [5.41, 5.74) is 10.9. The molecule has 1 unspecified atom stereocenters. The van der Waals surface area contributed by atoms with Crippen LogP contribution in [0.1, 0.15) is 33.9 Å². The molecule has 3 heteroatoms. The van der Waals surface area contributed by atoms with Gasteiger partial charge in [0.25, 0.3) is 0 Å². The fourth-order valence-electron chi connectivity index (χ4n) is 2.72. The van der Waals surface area contributed by atoms with Crippen molar-refractivity contribution in [3.05, 3.63) is 70.0 Å². The molecule has 0 aromatic heterocycles. The van der Waals surface area contributed by atoms with Crippen LogP contribution in [0, 0.1) is 17.1 Å². The van der Waals surface area contributed by atoms with Crippen molar-refractivity contribution >= 4 is 0 Å². The number of benzene rings is 2. The molecule has 0 heterocycles. The van der Waals surface area contributed by atoms with Crippen molar-refractivity contribution in [1.29, 1.82) is 5.26 Å². The molecule has 19 heavy (non-hydrogen) atoms. The number of aryl methyl sites for hydroxylation is 2. The van der Waals surface area contributed by atoms with Gasteiger partial charge in [0.05, 0.1) is 17.7 Å². The van der Waals surface area contributed by atoms with Gasteiger partial charge in [-0.25, -0.2) is 4.39 Å². The van der Waals surface area contributed by atoms with Crippen LogP contribution in [-0.2, 0) is 12.8 Å². The molecule has 2 aromatic carbocycles. The summed E-state index contributed by atoms with van der Waals surface area (Å²) < 4.78 is 13.4. The molecule has 3 rings (SSSR count). The molecule has 1 aliphatic rings. The molecule has 1 aliphatic carbocycles. The summed E-state index contributed by atoms with van der Waals surface area (Å²) in [5, 5.41) is 8.95. The third kappa shape index (κ3) is 2.00. The topological polar surface area (TPSA) is 49.8 Å². The standard InChI is InChI=1S/C16H13FN2/c17-13-5-4-11-2-3-12-7-10(9-18)1-6-14(12)16(19)15(11)8-13/h1,4-8,16H,2-3,19H2. The minimum absolute atomic E-state index is 0.258. The first kappa shape index (κ1) is 11.9. The fraction of sp³-hybridized carbons (Fsp3) is 0.188. The van der Waals surface area contributed by atoms with Crippen LogP contribution >= 0.6 is 0 Å². The second-order valence-corrected chi connectivity index (χ2v) is 4.85. The van der Waals surface area contributed by atoms with Gasteiger partial charge in [0, 0.05) is 0 Å². The van der Waals surface area contributed by atoms with E-state index in [4.69, 9.17) is 11.0 Å². The highest BCUT2D eigenvalue weighted by Crippen LogP contribution is 2.31. The van der Waals surface area contributed by atoms with E-state index in [9.17, 15) is 4.39 Å². The lowest BCUT2D eigenvalue weighted by atomic mass is 9.94. The highest BCUT2D eigenvalue weighted by molar-refractivity contribution is 5.47. The Hall–Kier alpha value is -2.18. The SMILES string of the molecule is N#Cc1ccc2c(c1)CCc1ccc(F)cc1C2N. The number of nitriles is 1. The zero-order chi connectivity index (χ0) is 13.4. The number of halogens is 1. The molecule has 2 aromatic rings. The minimum atomic E-state index is -0.323. The average molecular weight is 252 g/mol. The van der Waals surface area contributed by atoms with Gasteiger partial charge in [-0.3, -0.25) is 0 Å². The van der Waals surface area contributed by atoms with Crippen LogP contribution in [-0.4, -0.2) is 0 Å². The Morgan fingerprint density at radius 2 is 1.84 bits per heavy atom. The Kier molecular flexibility index (Phi) is 2.81. The predicted molar refractivity (Wildman–Crippen MR) is 71.0 cm³/mol. The van der Waals surface area contributed by atoms with Crippen molar-refractivity contribution in [2.45, 2.75) is 18.9 Å². The Bertz CT molecular complexity index is 686. The first-order valence-electron chi connectivity index (χ1n) is 6.26. The lowest BCUT2D eigenvalue weighted by molar-refractivity contribution is 0.622. The molecular weight excluding hydrogens is 239 g/mol. The fourth-order valence-corrected chi connectivity index (χ4v) is 2.72. The first-order chi connectivity index (χ1) is 9.19. The van der Waals surface area contributed by atoms with Gasteiger partial charge < -0.3 is 5.73 Å². The zero-order valence-electron chi connectivity index (χ0n) is 10.4. The molecular formula is C16H13FN2. The van der Waals surface area contributed by atoms with E-state index < -0.39 is 0 Å². The van der Waals surface area contributed by atoms with Crippen molar-refractivity contribution < 1.29 is 4.39 Å². The smallest absolute Gasteiger partial charge is 0.123 e. The molecule has 0 spiro atoms. The largest absolute Gasteiger partial charge is 0.320 e. The summed E-state index contributed by atoms with van der Waals surface area (Å²) in [6, 6.07) is 12.2.